The number of hydrogen-bond donors (Lipinski definition) is 1. The fourth-order valence-corrected chi connectivity index (χ4v) is 3.15. The van der Waals surface area contributed by atoms with Crippen molar-refractivity contribution in [1.82, 2.24) is 14.8 Å². The summed E-state index contributed by atoms with van der Waals surface area (Å²) in [6.07, 6.45) is 0. The Balaban J connectivity index is 1.92. The maximum atomic E-state index is 6.16. The number of halogens is 1. The normalized spacial score (nSPS) is 15.9. The van der Waals surface area contributed by atoms with Crippen LogP contribution in [-0.4, -0.2) is 28.4 Å². The van der Waals surface area contributed by atoms with E-state index in [4.69, 9.17) is 16.3 Å². The van der Waals surface area contributed by atoms with Crippen LogP contribution in [0.5, 0.6) is 5.75 Å². The highest BCUT2D eigenvalue weighted by Gasteiger charge is 2.25. The molecule has 122 valence electrons. The van der Waals surface area contributed by atoms with Crippen LogP contribution in [0.15, 0.2) is 42.5 Å². The number of rotatable bonds is 2. The molecule has 3 aromatic rings. The number of methoxy groups -OCH3 is 1. The molecule has 0 aliphatic carbocycles. The van der Waals surface area contributed by atoms with Gasteiger partial charge in [-0.2, -0.15) is 0 Å². The predicted octanol–water partition coefficient (Wildman–Crippen LogP) is 4.13. The van der Waals surface area contributed by atoms with Crippen molar-refractivity contribution in [3.8, 4) is 22.8 Å². The van der Waals surface area contributed by atoms with Gasteiger partial charge in [0.2, 0.25) is 0 Å². The van der Waals surface area contributed by atoms with Crippen molar-refractivity contribution >= 4 is 17.3 Å². The fraction of sp³-hybridized carbons (Fsp3) is 0.222. The van der Waals surface area contributed by atoms with E-state index < -0.39 is 0 Å². The third kappa shape index (κ3) is 2.41. The van der Waals surface area contributed by atoms with E-state index in [1.807, 2.05) is 42.5 Å². The van der Waals surface area contributed by atoms with Crippen LogP contribution in [0.25, 0.3) is 17.1 Å². The van der Waals surface area contributed by atoms with Crippen LogP contribution in [0.4, 0.5) is 5.69 Å². The third-order valence-corrected chi connectivity index (χ3v) is 4.51. The van der Waals surface area contributed by atoms with Gasteiger partial charge in [0.15, 0.2) is 5.82 Å². The second-order valence-corrected chi connectivity index (χ2v) is 6.33. The standard InChI is InChI=1S/C18H17ClN4O/c1-11-10-20-15-9-13(19)5-8-16(15)23-17(11)21-22-18(23)12-3-6-14(24-2)7-4-12/h3-9,11,20H,10H2,1-2H3/t11-/m1/s1. The summed E-state index contributed by atoms with van der Waals surface area (Å²) in [5.74, 6) is 2.80. The average molecular weight is 341 g/mol. The Morgan fingerprint density at radius 2 is 1.96 bits per heavy atom. The molecule has 5 nitrogen and oxygen atoms in total. The van der Waals surface area contributed by atoms with E-state index in [-0.39, 0.29) is 5.92 Å². The zero-order valence-corrected chi connectivity index (χ0v) is 14.2. The molecule has 6 heteroatoms. The smallest absolute Gasteiger partial charge is 0.168 e. The number of nitrogens with one attached hydrogen (secondary N) is 1. The lowest BCUT2D eigenvalue weighted by Crippen LogP contribution is -2.09. The average Bonchev–Trinajstić information content (AvgIpc) is 2.99. The van der Waals surface area contributed by atoms with Gasteiger partial charge >= 0.3 is 0 Å². The molecule has 0 radical (unpaired) electrons. The molecule has 0 bridgehead atoms. The summed E-state index contributed by atoms with van der Waals surface area (Å²) in [7, 11) is 1.66. The van der Waals surface area contributed by atoms with Crippen LogP contribution in [0.1, 0.15) is 18.7 Å². The van der Waals surface area contributed by atoms with Crippen LogP contribution in [0, 0.1) is 0 Å². The zero-order chi connectivity index (χ0) is 16.7. The number of ether oxygens (including phenoxy) is 1. The molecule has 2 aromatic carbocycles. The number of nitrogens with zero attached hydrogens (tertiary/aromatic N) is 3. The summed E-state index contributed by atoms with van der Waals surface area (Å²) in [4.78, 5) is 0. The molecular formula is C18H17ClN4O. The minimum atomic E-state index is 0.232. The van der Waals surface area contributed by atoms with Gasteiger partial charge in [-0.25, -0.2) is 0 Å². The molecule has 0 spiro atoms. The number of hydrogen-bond acceptors (Lipinski definition) is 4. The molecule has 0 amide bonds. The second kappa shape index (κ2) is 5.83. The van der Waals surface area contributed by atoms with Crippen molar-refractivity contribution < 1.29 is 4.74 Å². The molecular weight excluding hydrogens is 324 g/mol. The van der Waals surface area contributed by atoms with E-state index in [1.54, 1.807) is 7.11 Å². The van der Waals surface area contributed by atoms with Crippen molar-refractivity contribution in [1.29, 1.82) is 0 Å². The third-order valence-electron chi connectivity index (χ3n) is 4.28. The fourth-order valence-electron chi connectivity index (χ4n) is 2.98. The summed E-state index contributed by atoms with van der Waals surface area (Å²) in [5, 5.41) is 13.1. The van der Waals surface area contributed by atoms with Gasteiger partial charge in [0, 0.05) is 23.0 Å². The molecule has 1 aliphatic rings. The molecule has 0 fully saturated rings. The number of benzene rings is 2. The molecule has 0 saturated heterocycles. The van der Waals surface area contributed by atoms with Crippen molar-refractivity contribution in [2.24, 2.45) is 0 Å². The minimum Gasteiger partial charge on any atom is -0.497 e. The Hall–Kier alpha value is -2.53. The van der Waals surface area contributed by atoms with E-state index in [1.165, 1.54) is 0 Å². The molecule has 0 saturated carbocycles. The van der Waals surface area contributed by atoms with Gasteiger partial charge in [-0.1, -0.05) is 18.5 Å². The Labute approximate surface area is 145 Å². The van der Waals surface area contributed by atoms with E-state index in [0.717, 1.165) is 40.9 Å². The van der Waals surface area contributed by atoms with Gasteiger partial charge in [0.25, 0.3) is 0 Å². The first-order chi connectivity index (χ1) is 11.7. The summed E-state index contributed by atoms with van der Waals surface area (Å²) in [6, 6.07) is 13.7. The Bertz CT molecular complexity index is 889. The maximum Gasteiger partial charge on any atom is 0.168 e. The Morgan fingerprint density at radius 3 is 2.71 bits per heavy atom. The first kappa shape index (κ1) is 15.0. The molecule has 1 aromatic heterocycles. The quantitative estimate of drug-likeness (QED) is 0.762. The molecule has 4 rings (SSSR count). The van der Waals surface area contributed by atoms with E-state index in [2.05, 4.69) is 27.0 Å². The zero-order valence-electron chi connectivity index (χ0n) is 13.5. The van der Waals surface area contributed by atoms with Crippen molar-refractivity contribution in [3.05, 3.63) is 53.3 Å². The van der Waals surface area contributed by atoms with Crippen LogP contribution in [0.2, 0.25) is 5.02 Å². The second-order valence-electron chi connectivity index (χ2n) is 5.89. The number of anilines is 1. The summed E-state index contributed by atoms with van der Waals surface area (Å²) in [6.45, 7) is 2.92. The SMILES string of the molecule is COc1ccc(-c2nnc3n2-c2ccc(Cl)cc2NC[C@H]3C)cc1. The van der Waals surface area contributed by atoms with Gasteiger partial charge in [0.05, 0.1) is 18.5 Å². The summed E-state index contributed by atoms with van der Waals surface area (Å²) >= 11 is 6.16. The lowest BCUT2D eigenvalue weighted by atomic mass is 10.1. The number of aromatic nitrogens is 3. The molecule has 0 unspecified atom stereocenters. The topological polar surface area (TPSA) is 52.0 Å². The van der Waals surface area contributed by atoms with Gasteiger partial charge in [0.1, 0.15) is 11.6 Å². The first-order valence-electron chi connectivity index (χ1n) is 7.81. The molecule has 1 aliphatic heterocycles. The van der Waals surface area contributed by atoms with Gasteiger partial charge in [-0.05, 0) is 42.5 Å². The summed E-state index contributed by atoms with van der Waals surface area (Å²) in [5.41, 5.74) is 2.99. The van der Waals surface area contributed by atoms with Gasteiger partial charge in [-0.15, -0.1) is 10.2 Å². The highest BCUT2D eigenvalue weighted by atomic mass is 35.5. The van der Waals surface area contributed by atoms with E-state index in [9.17, 15) is 0 Å². The Morgan fingerprint density at radius 1 is 1.17 bits per heavy atom. The monoisotopic (exact) mass is 340 g/mol. The number of fused-ring (bicyclic) bond motifs is 3. The van der Waals surface area contributed by atoms with Crippen molar-refractivity contribution in [2.45, 2.75) is 12.8 Å². The molecule has 2 heterocycles. The lowest BCUT2D eigenvalue weighted by Gasteiger charge is -2.12. The van der Waals surface area contributed by atoms with Crippen LogP contribution in [0.3, 0.4) is 0 Å². The van der Waals surface area contributed by atoms with Crippen LogP contribution >= 0.6 is 11.6 Å². The molecule has 1 atom stereocenters. The minimum absolute atomic E-state index is 0.232. The van der Waals surface area contributed by atoms with Crippen LogP contribution < -0.4 is 10.1 Å². The van der Waals surface area contributed by atoms with Gasteiger partial charge in [-0.3, -0.25) is 4.57 Å². The first-order valence-corrected chi connectivity index (χ1v) is 8.18. The van der Waals surface area contributed by atoms with Crippen molar-refractivity contribution in [2.75, 3.05) is 19.0 Å². The molecule has 1 N–H and O–H groups in total. The molecule has 24 heavy (non-hydrogen) atoms. The highest BCUT2D eigenvalue weighted by molar-refractivity contribution is 6.31. The largest absolute Gasteiger partial charge is 0.497 e. The summed E-state index contributed by atoms with van der Waals surface area (Å²) < 4.78 is 7.35. The van der Waals surface area contributed by atoms with Crippen LogP contribution in [-0.2, 0) is 0 Å². The highest BCUT2D eigenvalue weighted by Crippen LogP contribution is 2.35. The van der Waals surface area contributed by atoms with E-state index >= 15 is 0 Å². The Kier molecular flexibility index (Phi) is 3.65. The lowest BCUT2D eigenvalue weighted by molar-refractivity contribution is 0.415. The van der Waals surface area contributed by atoms with E-state index in [0.29, 0.717) is 5.02 Å². The predicted molar refractivity (Wildman–Crippen MR) is 95.3 cm³/mol. The maximum absolute atomic E-state index is 6.16. The van der Waals surface area contributed by atoms with Gasteiger partial charge < -0.3 is 10.1 Å². The van der Waals surface area contributed by atoms with Crippen molar-refractivity contribution in [3.63, 3.8) is 0 Å².